The maximum atomic E-state index is 12.8. The second kappa shape index (κ2) is 6.98. The summed E-state index contributed by atoms with van der Waals surface area (Å²) in [6.45, 7) is 5.76. The number of likely N-dealkylation sites (tertiary alicyclic amines) is 1. The van der Waals surface area contributed by atoms with Crippen LogP contribution in [-0.4, -0.2) is 65.2 Å². The summed E-state index contributed by atoms with van der Waals surface area (Å²) in [7, 11) is 0. The van der Waals surface area contributed by atoms with Gasteiger partial charge in [-0.3, -0.25) is 14.6 Å². The zero-order valence-electron chi connectivity index (χ0n) is 16.6. The molecule has 0 atom stereocenters. The maximum absolute atomic E-state index is 12.8. The van der Waals surface area contributed by atoms with Crippen LogP contribution in [0.1, 0.15) is 46.8 Å². The molecule has 0 radical (unpaired) electrons. The van der Waals surface area contributed by atoms with Crippen molar-refractivity contribution in [1.82, 2.24) is 19.9 Å². The third kappa shape index (κ3) is 3.04. The molecular weight excluding hydrogens is 374 g/mol. The van der Waals surface area contributed by atoms with Crippen LogP contribution in [0.15, 0.2) is 15.6 Å². The largest absolute Gasteiger partial charge is 0.448 e. The molecule has 3 aliphatic rings. The van der Waals surface area contributed by atoms with Crippen molar-refractivity contribution in [2.24, 2.45) is 0 Å². The summed E-state index contributed by atoms with van der Waals surface area (Å²) in [5.41, 5.74) is 1.99. The molecular formula is C20H25N5O4. The molecule has 1 aliphatic carbocycles. The molecule has 2 aromatic heterocycles. The highest BCUT2D eigenvalue weighted by Gasteiger charge is 2.45. The van der Waals surface area contributed by atoms with E-state index in [1.54, 1.807) is 6.92 Å². The van der Waals surface area contributed by atoms with Crippen LogP contribution in [0.5, 0.6) is 0 Å². The first-order chi connectivity index (χ1) is 14.1. The summed E-state index contributed by atoms with van der Waals surface area (Å²) in [5, 5.41) is 0. The topological polar surface area (TPSA) is 105 Å². The average molecular weight is 399 g/mol. The molecule has 0 saturated carbocycles. The Morgan fingerprint density at radius 3 is 2.62 bits per heavy atom. The quantitative estimate of drug-likeness (QED) is 0.804. The minimum absolute atomic E-state index is 0.0231. The molecule has 4 heterocycles. The highest BCUT2D eigenvalue weighted by Crippen LogP contribution is 2.44. The SMILES string of the molecule is Cc1ocnc1C(=O)N1CCC2(CCc3c2nc(N2CCOCC2)[nH]c3=O)CC1. The first-order valence-corrected chi connectivity index (χ1v) is 10.2. The fourth-order valence-corrected chi connectivity index (χ4v) is 4.85. The van der Waals surface area contributed by atoms with E-state index in [-0.39, 0.29) is 16.9 Å². The van der Waals surface area contributed by atoms with E-state index in [1.807, 2.05) is 4.90 Å². The molecule has 0 aromatic carbocycles. The van der Waals surface area contributed by atoms with Crippen molar-refractivity contribution >= 4 is 11.9 Å². The van der Waals surface area contributed by atoms with E-state index in [9.17, 15) is 9.59 Å². The second-order valence-corrected chi connectivity index (χ2v) is 8.15. The van der Waals surface area contributed by atoms with Gasteiger partial charge in [-0.05, 0) is 32.6 Å². The van der Waals surface area contributed by atoms with Crippen molar-refractivity contribution in [2.45, 2.75) is 38.0 Å². The molecule has 2 aliphatic heterocycles. The van der Waals surface area contributed by atoms with E-state index in [2.05, 4.69) is 14.9 Å². The Bertz CT molecular complexity index is 983. The van der Waals surface area contributed by atoms with Crippen LogP contribution in [0.3, 0.4) is 0 Å². The first-order valence-electron chi connectivity index (χ1n) is 10.2. The molecule has 0 bridgehead atoms. The predicted octanol–water partition coefficient (Wildman–Crippen LogP) is 1.02. The van der Waals surface area contributed by atoms with Crippen molar-refractivity contribution < 1.29 is 13.9 Å². The van der Waals surface area contributed by atoms with E-state index in [0.717, 1.165) is 50.0 Å². The number of carbonyl (C=O) groups excluding carboxylic acids is 1. The molecule has 1 N–H and O–H groups in total. The number of fused-ring (bicyclic) bond motifs is 2. The number of hydrogen-bond donors (Lipinski definition) is 1. The van der Waals surface area contributed by atoms with Gasteiger partial charge in [-0.2, -0.15) is 0 Å². The van der Waals surface area contributed by atoms with Gasteiger partial charge in [0.1, 0.15) is 5.76 Å². The lowest BCUT2D eigenvalue weighted by Crippen LogP contribution is -2.45. The van der Waals surface area contributed by atoms with E-state index < -0.39 is 0 Å². The number of ether oxygens (including phenoxy) is 1. The van der Waals surface area contributed by atoms with Crippen LogP contribution in [0.25, 0.3) is 0 Å². The lowest BCUT2D eigenvalue weighted by Gasteiger charge is -2.39. The minimum Gasteiger partial charge on any atom is -0.448 e. The number of nitrogens with zero attached hydrogens (tertiary/aromatic N) is 4. The monoisotopic (exact) mass is 399 g/mol. The second-order valence-electron chi connectivity index (χ2n) is 8.15. The lowest BCUT2D eigenvalue weighted by molar-refractivity contribution is 0.0656. The fraction of sp³-hybridized carbons (Fsp3) is 0.600. The van der Waals surface area contributed by atoms with Crippen LogP contribution in [-0.2, 0) is 16.6 Å². The number of carbonyl (C=O) groups is 1. The molecule has 154 valence electrons. The van der Waals surface area contributed by atoms with Crippen molar-refractivity contribution in [1.29, 1.82) is 0 Å². The molecule has 29 heavy (non-hydrogen) atoms. The molecule has 0 unspecified atom stereocenters. The van der Waals surface area contributed by atoms with Crippen LogP contribution >= 0.6 is 0 Å². The third-order valence-electron chi connectivity index (χ3n) is 6.62. The van der Waals surface area contributed by atoms with E-state index in [4.69, 9.17) is 14.1 Å². The van der Waals surface area contributed by atoms with Gasteiger partial charge in [0.15, 0.2) is 12.1 Å². The molecule has 2 saturated heterocycles. The number of hydrogen-bond acceptors (Lipinski definition) is 7. The lowest BCUT2D eigenvalue weighted by atomic mass is 9.76. The van der Waals surface area contributed by atoms with Gasteiger partial charge in [-0.1, -0.05) is 0 Å². The molecule has 9 heteroatoms. The zero-order valence-corrected chi connectivity index (χ0v) is 16.6. The predicted molar refractivity (Wildman–Crippen MR) is 104 cm³/mol. The molecule has 1 amide bonds. The highest BCUT2D eigenvalue weighted by molar-refractivity contribution is 5.93. The first kappa shape index (κ1) is 18.4. The van der Waals surface area contributed by atoms with Crippen LogP contribution in [0.2, 0.25) is 0 Å². The van der Waals surface area contributed by atoms with Crippen molar-refractivity contribution in [2.75, 3.05) is 44.3 Å². The van der Waals surface area contributed by atoms with Gasteiger partial charge in [0.25, 0.3) is 11.5 Å². The summed E-state index contributed by atoms with van der Waals surface area (Å²) in [5.74, 6) is 1.11. The number of aromatic amines is 1. The summed E-state index contributed by atoms with van der Waals surface area (Å²) < 4.78 is 10.6. The van der Waals surface area contributed by atoms with Gasteiger partial charge in [0, 0.05) is 37.2 Å². The number of piperidine rings is 1. The van der Waals surface area contributed by atoms with Crippen molar-refractivity contribution in [3.63, 3.8) is 0 Å². The Kier molecular flexibility index (Phi) is 4.42. The minimum atomic E-state index is -0.125. The van der Waals surface area contributed by atoms with Crippen LogP contribution in [0, 0.1) is 6.92 Å². The Morgan fingerprint density at radius 2 is 1.93 bits per heavy atom. The van der Waals surface area contributed by atoms with Gasteiger partial charge < -0.3 is 19.0 Å². The summed E-state index contributed by atoms with van der Waals surface area (Å²) >= 11 is 0. The smallest absolute Gasteiger partial charge is 0.276 e. The summed E-state index contributed by atoms with van der Waals surface area (Å²) in [4.78, 5) is 41.4. The van der Waals surface area contributed by atoms with E-state index >= 15 is 0 Å². The molecule has 1 spiro atoms. The molecule has 2 fully saturated rings. The van der Waals surface area contributed by atoms with Gasteiger partial charge >= 0.3 is 0 Å². The normalized spacial score (nSPS) is 20.9. The third-order valence-corrected chi connectivity index (χ3v) is 6.62. The average Bonchev–Trinajstić information content (AvgIpc) is 3.33. The highest BCUT2D eigenvalue weighted by atomic mass is 16.5. The number of H-pyrrole nitrogens is 1. The van der Waals surface area contributed by atoms with Gasteiger partial charge in [-0.25, -0.2) is 9.97 Å². The number of rotatable bonds is 2. The number of anilines is 1. The Labute approximate surface area is 168 Å². The van der Waals surface area contributed by atoms with Crippen molar-refractivity contribution in [3.05, 3.63) is 39.5 Å². The molecule has 5 rings (SSSR count). The van der Waals surface area contributed by atoms with Crippen LogP contribution in [0.4, 0.5) is 5.95 Å². The van der Waals surface area contributed by atoms with Crippen molar-refractivity contribution in [3.8, 4) is 0 Å². The molecule has 9 nitrogen and oxygen atoms in total. The van der Waals surface area contributed by atoms with Gasteiger partial charge in [-0.15, -0.1) is 0 Å². The Balaban J connectivity index is 1.39. The standard InChI is InChI=1S/C20H25N5O4/c1-13-15(21-12-29-13)18(27)24-6-4-20(5-7-24)3-2-14-16(20)22-19(23-17(14)26)25-8-10-28-11-9-25/h12H,2-11H2,1H3,(H,22,23,26). The Hall–Kier alpha value is -2.68. The fourth-order valence-electron chi connectivity index (χ4n) is 4.85. The number of aryl methyl sites for hydroxylation is 1. The summed E-state index contributed by atoms with van der Waals surface area (Å²) in [6, 6.07) is 0. The van der Waals surface area contributed by atoms with Gasteiger partial charge in [0.2, 0.25) is 5.95 Å². The number of nitrogens with one attached hydrogen (secondary N) is 1. The number of aromatic nitrogens is 3. The maximum Gasteiger partial charge on any atom is 0.276 e. The number of morpholine rings is 1. The van der Waals surface area contributed by atoms with E-state index in [1.165, 1.54) is 6.39 Å². The van der Waals surface area contributed by atoms with Crippen LogP contribution < -0.4 is 10.5 Å². The van der Waals surface area contributed by atoms with E-state index in [0.29, 0.717) is 43.7 Å². The number of amides is 1. The zero-order chi connectivity index (χ0) is 20.0. The number of oxazole rings is 1. The molecule has 2 aromatic rings. The Morgan fingerprint density at radius 1 is 1.17 bits per heavy atom. The summed E-state index contributed by atoms with van der Waals surface area (Å²) in [6.07, 6.45) is 4.58. The van der Waals surface area contributed by atoms with Gasteiger partial charge in [0.05, 0.1) is 18.9 Å².